The fraction of sp³-hybridized carbons (Fsp3) is 0.700. The average Bonchev–Trinajstić information content (AvgIpc) is 3.28. The largest absolute Gasteiger partial charge is 0.468 e. The van der Waals surface area contributed by atoms with Gasteiger partial charge in [0, 0.05) is 6.42 Å². The summed E-state index contributed by atoms with van der Waals surface area (Å²) in [5.41, 5.74) is -0.235. The van der Waals surface area contributed by atoms with Crippen LogP contribution in [0, 0.1) is 17.3 Å². The van der Waals surface area contributed by atoms with E-state index in [1.807, 2.05) is 0 Å². The molecule has 0 saturated carbocycles. The summed E-state index contributed by atoms with van der Waals surface area (Å²) in [7, 11) is 1.48. The van der Waals surface area contributed by atoms with Gasteiger partial charge >= 0.3 is 17.9 Å². The Kier molecular flexibility index (Phi) is 10.8. The predicted molar refractivity (Wildman–Crippen MR) is 152 cm³/mol. The van der Waals surface area contributed by atoms with Gasteiger partial charge in [-0.1, -0.05) is 46.3 Å². The van der Waals surface area contributed by atoms with E-state index in [0.29, 0.717) is 17.9 Å². The zero-order chi connectivity index (χ0) is 29.8. The van der Waals surface area contributed by atoms with E-state index in [1.54, 1.807) is 6.07 Å². The molecule has 1 aliphatic heterocycles. The number of rotatable bonds is 6. The van der Waals surface area contributed by atoms with Gasteiger partial charge in [-0.15, -0.1) is 0 Å². The topological polar surface area (TPSA) is 101 Å². The Labute approximate surface area is 234 Å². The predicted octanol–water partition coefficient (Wildman–Crippen LogP) is 6.80. The molecule has 0 N–H and O–H groups in total. The van der Waals surface area contributed by atoms with Gasteiger partial charge < -0.3 is 23.1 Å². The summed E-state index contributed by atoms with van der Waals surface area (Å²) >= 11 is 0. The Balaban J connectivity index is 2.88. The Bertz CT molecular complexity index is 1040. The third-order valence-electron chi connectivity index (χ3n) is 8.51. The number of hydrogen-bond donors (Lipinski definition) is 0. The number of ether oxygens (including phenoxy) is 3. The van der Waals surface area contributed by atoms with Crippen LogP contribution >= 0.6 is 0 Å². The molecule has 0 amide bonds. The smallest absolute Gasteiger partial charge is 0.341 e. The van der Waals surface area contributed by atoms with Gasteiger partial charge in [-0.25, -0.2) is 4.79 Å². The number of carbonyl (C=O) groups is 3. The van der Waals surface area contributed by atoms with E-state index in [4.69, 9.17) is 23.1 Å². The molecule has 1 aliphatic rings. The highest BCUT2D eigenvalue weighted by atomic mass is 28.4. The molecule has 1 aromatic rings. The molecule has 2 heterocycles. The van der Waals surface area contributed by atoms with Crippen LogP contribution in [0.1, 0.15) is 95.2 Å². The van der Waals surface area contributed by atoms with E-state index in [0.717, 1.165) is 18.4 Å². The lowest BCUT2D eigenvalue weighted by molar-refractivity contribution is -0.170. The molecule has 0 unspecified atom stereocenters. The highest BCUT2D eigenvalue weighted by molar-refractivity contribution is 6.74. The van der Waals surface area contributed by atoms with Crippen LogP contribution in [-0.4, -0.2) is 47.6 Å². The first-order valence-electron chi connectivity index (χ1n) is 13.8. The van der Waals surface area contributed by atoms with Crippen LogP contribution in [0.4, 0.5) is 0 Å². The van der Waals surface area contributed by atoms with Crippen LogP contribution in [0.3, 0.4) is 0 Å². The first-order valence-corrected chi connectivity index (χ1v) is 16.7. The summed E-state index contributed by atoms with van der Waals surface area (Å²) in [5.74, 6) is -1.03. The number of furan rings is 1. The summed E-state index contributed by atoms with van der Waals surface area (Å²) in [6.45, 7) is 17.2. The second-order valence-electron chi connectivity index (χ2n) is 12.6. The first kappa shape index (κ1) is 32.8. The highest BCUT2D eigenvalue weighted by Crippen LogP contribution is 2.46. The van der Waals surface area contributed by atoms with Crippen LogP contribution in [0.25, 0.3) is 0 Å². The summed E-state index contributed by atoms with van der Waals surface area (Å²) in [6.07, 6.45) is 3.69. The van der Waals surface area contributed by atoms with Crippen molar-refractivity contribution >= 4 is 26.2 Å². The summed E-state index contributed by atoms with van der Waals surface area (Å²) in [4.78, 5) is 39.4. The Morgan fingerprint density at radius 3 is 2.13 bits per heavy atom. The van der Waals surface area contributed by atoms with Crippen LogP contribution in [0.2, 0.25) is 18.1 Å². The van der Waals surface area contributed by atoms with E-state index in [9.17, 15) is 14.4 Å². The molecule has 2 atom stereocenters. The Morgan fingerprint density at radius 1 is 1.05 bits per heavy atom. The minimum absolute atomic E-state index is 0.0385. The number of carbonyl (C=O) groups excluding carboxylic acids is 3. The quantitative estimate of drug-likeness (QED) is 0.122. The second kappa shape index (κ2) is 12.9. The molecule has 0 aliphatic carbocycles. The molecule has 0 radical (unpaired) electrons. The molecule has 0 fully saturated rings. The lowest BCUT2D eigenvalue weighted by atomic mass is 9.78. The van der Waals surface area contributed by atoms with Crippen LogP contribution in [-0.2, 0) is 34.6 Å². The zero-order valence-electron chi connectivity index (χ0n) is 25.7. The monoisotopic (exact) mass is 564 g/mol. The van der Waals surface area contributed by atoms with Crippen molar-refractivity contribution in [2.45, 2.75) is 97.9 Å². The van der Waals surface area contributed by atoms with Gasteiger partial charge in [-0.2, -0.15) is 0 Å². The summed E-state index contributed by atoms with van der Waals surface area (Å²) in [5, 5.41) is -0.0860. The number of allylic oxidation sites excluding steroid dienone is 2. The van der Waals surface area contributed by atoms with Gasteiger partial charge in [0.25, 0.3) is 0 Å². The zero-order valence-corrected chi connectivity index (χ0v) is 26.7. The lowest BCUT2D eigenvalue weighted by Crippen LogP contribution is -2.43. The van der Waals surface area contributed by atoms with Crippen LogP contribution in [0.15, 0.2) is 22.1 Å². The third kappa shape index (κ3) is 7.22. The Morgan fingerprint density at radius 2 is 1.64 bits per heavy atom. The van der Waals surface area contributed by atoms with Crippen molar-refractivity contribution < 1.29 is 37.4 Å². The van der Waals surface area contributed by atoms with E-state index >= 15 is 0 Å². The average molecular weight is 565 g/mol. The van der Waals surface area contributed by atoms with E-state index < -0.39 is 37.7 Å². The highest BCUT2D eigenvalue weighted by Gasteiger charge is 2.50. The molecule has 0 spiro atoms. The molecular formula is C30H48O8Si. The summed E-state index contributed by atoms with van der Waals surface area (Å²) < 4.78 is 28.8. The van der Waals surface area contributed by atoms with Crippen molar-refractivity contribution in [3.8, 4) is 0 Å². The minimum Gasteiger partial charge on any atom is -0.468 e. The number of fused-ring (bicyclic) bond motifs is 2. The van der Waals surface area contributed by atoms with Gasteiger partial charge in [0.2, 0.25) is 0 Å². The molecular weight excluding hydrogens is 516 g/mol. The van der Waals surface area contributed by atoms with Gasteiger partial charge in [-0.05, 0) is 68.6 Å². The minimum atomic E-state index is -2.34. The maximum Gasteiger partial charge on any atom is 0.341 e. The van der Waals surface area contributed by atoms with Gasteiger partial charge in [0.05, 0.1) is 21.3 Å². The molecule has 0 saturated heterocycles. The van der Waals surface area contributed by atoms with Crippen molar-refractivity contribution in [1.29, 1.82) is 0 Å². The standard InChI is InChI=1S/C30H48O8Si/c1-19(2)22-15-14-20(3)13-12-16-30(27(32)35-8,28(33)36-9)18-21-17-23(26(31)34-7)24(37-21)25(22)38-39(10,11)29(4,5)6/h13,17,19,22,25H,12,14-16,18H2,1-11H3/t22-,25+/m0/s1. The lowest BCUT2D eigenvalue weighted by Gasteiger charge is -2.42. The fourth-order valence-electron chi connectivity index (χ4n) is 4.96. The van der Waals surface area contributed by atoms with Crippen molar-refractivity contribution in [3.63, 3.8) is 0 Å². The molecule has 39 heavy (non-hydrogen) atoms. The molecule has 220 valence electrons. The van der Waals surface area contributed by atoms with Gasteiger partial charge in [0.15, 0.2) is 13.7 Å². The number of methoxy groups -OCH3 is 3. The molecule has 1 aromatic heterocycles. The van der Waals surface area contributed by atoms with Crippen molar-refractivity contribution in [3.05, 3.63) is 34.8 Å². The summed E-state index contributed by atoms with van der Waals surface area (Å²) in [6, 6.07) is 1.58. The van der Waals surface area contributed by atoms with Crippen LogP contribution < -0.4 is 0 Å². The van der Waals surface area contributed by atoms with Crippen molar-refractivity contribution in [2.24, 2.45) is 17.3 Å². The fourth-order valence-corrected chi connectivity index (χ4v) is 6.23. The van der Waals surface area contributed by atoms with Gasteiger partial charge in [0.1, 0.15) is 23.2 Å². The molecule has 2 rings (SSSR count). The normalized spacial score (nSPS) is 20.7. The number of hydrogen-bond acceptors (Lipinski definition) is 8. The van der Waals surface area contributed by atoms with E-state index in [-0.39, 0.29) is 35.3 Å². The van der Waals surface area contributed by atoms with Gasteiger partial charge in [-0.3, -0.25) is 9.59 Å². The molecule has 2 bridgehead atoms. The second-order valence-corrected chi connectivity index (χ2v) is 17.3. The molecule has 0 aromatic carbocycles. The maximum absolute atomic E-state index is 13.2. The van der Waals surface area contributed by atoms with Crippen molar-refractivity contribution in [1.82, 2.24) is 0 Å². The van der Waals surface area contributed by atoms with Crippen LogP contribution in [0.5, 0.6) is 0 Å². The van der Waals surface area contributed by atoms with Crippen molar-refractivity contribution in [2.75, 3.05) is 21.3 Å². The Hall–Kier alpha value is -2.39. The van der Waals surface area contributed by atoms with E-state index in [2.05, 4.69) is 60.7 Å². The molecule has 8 nitrogen and oxygen atoms in total. The SMILES string of the molecule is COC(=O)c1cc2oc1[C@H](O[Si](C)(C)C(C)(C)C)[C@H](C(C)C)CCC(C)=CCCC(C(=O)OC)(C(=O)OC)C2. The number of esters is 3. The van der Waals surface area contributed by atoms with E-state index in [1.165, 1.54) is 21.3 Å². The maximum atomic E-state index is 13.2. The third-order valence-corrected chi connectivity index (χ3v) is 13.0. The first-order chi connectivity index (χ1) is 18.0. The molecule has 9 heteroatoms.